The summed E-state index contributed by atoms with van der Waals surface area (Å²) in [4.78, 5) is 12.4. The van der Waals surface area contributed by atoms with Crippen LogP contribution in [-0.2, 0) is 13.5 Å². The minimum absolute atomic E-state index is 0.0416. The summed E-state index contributed by atoms with van der Waals surface area (Å²) in [5, 5.41) is 8.02. The van der Waals surface area contributed by atoms with Gasteiger partial charge in [-0.2, -0.15) is 5.10 Å². The smallest absolute Gasteiger partial charge is 0.251 e. The fourth-order valence-electron chi connectivity index (χ4n) is 2.77. The van der Waals surface area contributed by atoms with E-state index in [0.29, 0.717) is 5.56 Å². The average molecular weight is 339 g/mol. The number of halogens is 2. The zero-order valence-corrected chi connectivity index (χ0v) is 13.6. The van der Waals surface area contributed by atoms with Crippen LogP contribution in [0.5, 0.6) is 0 Å². The number of nitrogens with two attached hydrogens (primary N) is 1. The van der Waals surface area contributed by atoms with Crippen LogP contribution < -0.4 is 11.1 Å². The number of rotatable bonds is 2. The summed E-state index contributed by atoms with van der Waals surface area (Å²) in [5.41, 5.74) is 8.51. The molecule has 1 aliphatic rings. The number of aromatic nitrogens is 2. The topological polar surface area (TPSA) is 72.9 Å². The summed E-state index contributed by atoms with van der Waals surface area (Å²) in [7, 11) is 1.89. The molecule has 3 N–H and O–H groups in total. The third-order valence-corrected chi connectivity index (χ3v) is 4.49. The van der Waals surface area contributed by atoms with Crippen LogP contribution in [0.2, 0.25) is 10.0 Å². The van der Waals surface area contributed by atoms with Crippen LogP contribution in [0, 0.1) is 0 Å². The van der Waals surface area contributed by atoms with Crippen molar-refractivity contribution in [3.63, 3.8) is 0 Å². The van der Waals surface area contributed by atoms with E-state index in [4.69, 9.17) is 28.9 Å². The quantitative estimate of drug-likeness (QED) is 0.826. The number of carbonyl (C=O) groups is 1. The summed E-state index contributed by atoms with van der Waals surface area (Å²) in [6, 6.07) is 3.02. The van der Waals surface area contributed by atoms with Crippen LogP contribution in [0.1, 0.15) is 40.5 Å². The van der Waals surface area contributed by atoms with Gasteiger partial charge in [0.15, 0.2) is 0 Å². The number of nitrogens with one attached hydrogen (secondary N) is 1. The molecular weight excluding hydrogens is 323 g/mol. The maximum atomic E-state index is 12.4. The molecule has 0 fully saturated rings. The number of fused-ring (bicyclic) bond motifs is 1. The Balaban J connectivity index is 1.83. The van der Waals surface area contributed by atoms with Gasteiger partial charge in [-0.1, -0.05) is 23.2 Å². The van der Waals surface area contributed by atoms with Crippen molar-refractivity contribution in [2.24, 2.45) is 7.05 Å². The number of hydrogen-bond donors (Lipinski definition) is 2. The second-order valence-corrected chi connectivity index (χ2v) is 6.29. The number of hydrogen-bond acceptors (Lipinski definition) is 3. The van der Waals surface area contributed by atoms with Crippen molar-refractivity contribution in [2.75, 3.05) is 5.73 Å². The van der Waals surface area contributed by atoms with Crippen LogP contribution in [-0.4, -0.2) is 15.7 Å². The van der Waals surface area contributed by atoms with Crippen LogP contribution in [0.15, 0.2) is 18.3 Å². The molecule has 2 aromatic rings. The lowest BCUT2D eigenvalue weighted by Crippen LogP contribution is -2.30. The highest BCUT2D eigenvalue weighted by Crippen LogP contribution is 2.31. The molecule has 1 heterocycles. The number of aryl methyl sites for hydroxylation is 2. The molecule has 0 radical (unpaired) electrons. The molecule has 0 unspecified atom stereocenters. The van der Waals surface area contributed by atoms with Gasteiger partial charge in [-0.25, -0.2) is 0 Å². The SMILES string of the molecule is Cn1cc2c(n1)CCC[C@@H]2NC(=O)c1cc(Cl)c(N)c(Cl)c1. The molecule has 0 spiro atoms. The maximum absolute atomic E-state index is 12.4. The standard InChI is InChI=1S/C15H16Cl2N4O/c1-21-7-9-12(3-2-4-13(9)20-21)19-15(22)8-5-10(16)14(18)11(17)6-8/h5-7,12H,2-4,18H2,1H3,(H,19,22)/t12-/m0/s1. The molecule has 3 rings (SSSR count). The molecule has 0 aliphatic heterocycles. The van der Waals surface area contributed by atoms with Crippen molar-refractivity contribution in [1.29, 1.82) is 0 Å². The van der Waals surface area contributed by atoms with Crippen molar-refractivity contribution < 1.29 is 4.79 Å². The fourth-order valence-corrected chi connectivity index (χ4v) is 3.26. The molecule has 0 saturated carbocycles. The second-order valence-electron chi connectivity index (χ2n) is 5.48. The molecule has 22 heavy (non-hydrogen) atoms. The van der Waals surface area contributed by atoms with Crippen LogP contribution in [0.3, 0.4) is 0 Å². The first-order valence-electron chi connectivity index (χ1n) is 7.03. The van der Waals surface area contributed by atoms with Crippen molar-refractivity contribution in [2.45, 2.75) is 25.3 Å². The van der Waals surface area contributed by atoms with Gasteiger partial charge in [0.25, 0.3) is 5.91 Å². The highest BCUT2D eigenvalue weighted by Gasteiger charge is 2.25. The molecule has 5 nitrogen and oxygen atoms in total. The van der Waals surface area contributed by atoms with Crippen molar-refractivity contribution in [3.05, 3.63) is 45.2 Å². The maximum Gasteiger partial charge on any atom is 0.251 e. The van der Waals surface area contributed by atoms with E-state index in [1.165, 1.54) is 12.1 Å². The van der Waals surface area contributed by atoms with Crippen LogP contribution in [0.25, 0.3) is 0 Å². The highest BCUT2D eigenvalue weighted by atomic mass is 35.5. The number of amides is 1. The van der Waals surface area contributed by atoms with E-state index < -0.39 is 0 Å². The number of benzene rings is 1. The van der Waals surface area contributed by atoms with E-state index in [1.54, 1.807) is 4.68 Å². The third kappa shape index (κ3) is 2.78. The molecule has 7 heteroatoms. The molecule has 0 bridgehead atoms. The highest BCUT2D eigenvalue weighted by molar-refractivity contribution is 6.39. The van der Waals surface area contributed by atoms with Gasteiger partial charge in [0, 0.05) is 24.4 Å². The van der Waals surface area contributed by atoms with Crippen LogP contribution >= 0.6 is 23.2 Å². The van der Waals surface area contributed by atoms with E-state index in [2.05, 4.69) is 10.4 Å². The van der Waals surface area contributed by atoms with Gasteiger partial charge >= 0.3 is 0 Å². The Morgan fingerprint density at radius 2 is 2.09 bits per heavy atom. The Labute approximate surface area is 138 Å². The Bertz CT molecular complexity index is 718. The molecule has 116 valence electrons. The summed E-state index contributed by atoms with van der Waals surface area (Å²) in [6.45, 7) is 0. The molecule has 1 atom stereocenters. The van der Waals surface area contributed by atoms with Gasteiger partial charge in [-0.15, -0.1) is 0 Å². The number of nitrogens with zero attached hydrogens (tertiary/aromatic N) is 2. The van der Waals surface area contributed by atoms with Crippen molar-refractivity contribution in [1.82, 2.24) is 15.1 Å². The first-order valence-corrected chi connectivity index (χ1v) is 7.79. The predicted octanol–water partition coefficient (Wildman–Crippen LogP) is 3.12. The van der Waals surface area contributed by atoms with Gasteiger partial charge in [-0.05, 0) is 31.4 Å². The predicted molar refractivity (Wildman–Crippen MR) is 87.2 cm³/mol. The first kappa shape index (κ1) is 15.2. The molecule has 1 aliphatic carbocycles. The zero-order valence-electron chi connectivity index (χ0n) is 12.1. The number of carbonyl (C=O) groups excluding carboxylic acids is 1. The summed E-state index contributed by atoms with van der Waals surface area (Å²) >= 11 is 12.0. The van der Waals surface area contributed by atoms with Crippen molar-refractivity contribution >= 4 is 34.8 Å². The van der Waals surface area contributed by atoms with Gasteiger partial charge in [0.2, 0.25) is 0 Å². The molecule has 1 aromatic carbocycles. The van der Waals surface area contributed by atoms with Gasteiger partial charge in [0.05, 0.1) is 27.5 Å². The van der Waals surface area contributed by atoms with Crippen LogP contribution in [0.4, 0.5) is 5.69 Å². The van der Waals surface area contributed by atoms with E-state index in [-0.39, 0.29) is 27.7 Å². The van der Waals surface area contributed by atoms with Gasteiger partial charge in [0.1, 0.15) is 0 Å². The lowest BCUT2D eigenvalue weighted by molar-refractivity contribution is 0.0933. The third-order valence-electron chi connectivity index (χ3n) is 3.87. The number of anilines is 1. The number of nitrogen functional groups attached to an aromatic ring is 1. The van der Waals surface area contributed by atoms with Gasteiger partial charge < -0.3 is 11.1 Å². The summed E-state index contributed by atoms with van der Waals surface area (Å²) < 4.78 is 1.78. The Hall–Kier alpha value is -1.72. The molecule has 0 saturated heterocycles. The van der Waals surface area contributed by atoms with Gasteiger partial charge in [-0.3, -0.25) is 9.48 Å². The minimum Gasteiger partial charge on any atom is -0.396 e. The Kier molecular flexibility index (Phi) is 4.02. The monoisotopic (exact) mass is 338 g/mol. The summed E-state index contributed by atoms with van der Waals surface area (Å²) in [5.74, 6) is -0.217. The summed E-state index contributed by atoms with van der Waals surface area (Å²) in [6.07, 6.45) is 4.80. The van der Waals surface area contributed by atoms with E-state index in [0.717, 1.165) is 30.5 Å². The lowest BCUT2D eigenvalue weighted by Gasteiger charge is -2.22. The normalized spacial score (nSPS) is 17.1. The first-order chi connectivity index (χ1) is 10.5. The second kappa shape index (κ2) is 5.82. The fraction of sp³-hybridized carbons (Fsp3) is 0.333. The largest absolute Gasteiger partial charge is 0.396 e. The Morgan fingerprint density at radius 1 is 1.41 bits per heavy atom. The Morgan fingerprint density at radius 3 is 2.77 bits per heavy atom. The van der Waals surface area contributed by atoms with E-state index >= 15 is 0 Å². The molecule has 1 aromatic heterocycles. The average Bonchev–Trinajstić information content (AvgIpc) is 2.85. The lowest BCUT2D eigenvalue weighted by atomic mass is 9.93. The zero-order chi connectivity index (χ0) is 15.9. The minimum atomic E-state index is -0.217. The van der Waals surface area contributed by atoms with E-state index in [9.17, 15) is 4.79 Å². The van der Waals surface area contributed by atoms with Crippen molar-refractivity contribution in [3.8, 4) is 0 Å². The molecule has 1 amide bonds. The molecular formula is C15H16Cl2N4O. The van der Waals surface area contributed by atoms with E-state index in [1.807, 2.05) is 13.2 Å².